The number of halogens is 3. The fourth-order valence-electron chi connectivity index (χ4n) is 3.70. The maximum Gasteiger partial charge on any atom is 0.417 e. The molecule has 0 radical (unpaired) electrons. The molecule has 0 bridgehead atoms. The maximum atomic E-state index is 13.8. The van der Waals surface area contributed by atoms with Gasteiger partial charge < -0.3 is 14.8 Å². The van der Waals surface area contributed by atoms with E-state index in [0.717, 1.165) is 17.0 Å². The number of nitrogens with one attached hydrogen (secondary N) is 2. The van der Waals surface area contributed by atoms with Crippen LogP contribution in [0.3, 0.4) is 0 Å². The summed E-state index contributed by atoms with van der Waals surface area (Å²) in [5.74, 6) is 0. The summed E-state index contributed by atoms with van der Waals surface area (Å²) in [7, 11) is -4.48. The lowest BCUT2D eigenvalue weighted by Gasteiger charge is -2.20. The second-order valence-electron chi connectivity index (χ2n) is 7.97. The second kappa shape index (κ2) is 8.07. The molecule has 2 N–H and O–H groups in total. The lowest BCUT2D eigenvalue weighted by atomic mass is 10.2. The number of benzene rings is 1. The molecule has 3 aliphatic rings. The van der Waals surface area contributed by atoms with Crippen LogP contribution in [-0.2, 0) is 25.5 Å². The predicted molar refractivity (Wildman–Crippen MR) is 105 cm³/mol. The minimum absolute atomic E-state index is 0.0123. The largest absolute Gasteiger partial charge is 0.447 e. The average Bonchev–Trinajstić information content (AvgIpc) is 3.13. The summed E-state index contributed by atoms with van der Waals surface area (Å²) in [6, 6.07) is 4.50. The molecule has 2 heterocycles. The van der Waals surface area contributed by atoms with Gasteiger partial charge in [-0.1, -0.05) is 0 Å². The molecule has 0 aromatic heterocycles. The van der Waals surface area contributed by atoms with Gasteiger partial charge in [0.25, 0.3) is 0 Å². The Morgan fingerprint density at radius 1 is 1.36 bits per heavy atom. The highest BCUT2D eigenvalue weighted by Crippen LogP contribution is 2.39. The van der Waals surface area contributed by atoms with Gasteiger partial charge in [0, 0.05) is 18.7 Å². The van der Waals surface area contributed by atoms with Gasteiger partial charge >= 0.3 is 18.4 Å². The standard InChI is InChI=1S/C19H19F3N4O6S/c20-19(21,22)13-7-11(26-5-6-31-17(26)28)1-2-14(13)33(29,30)12-8-15(24-9-12)32-16(27)25-18(10-23)3-4-18/h1-2,7,12,15,24H,3-6,8-9H2,(H,25,27)/t12-,15+/m1/s1. The molecule has 14 heteroatoms. The zero-order chi connectivity index (χ0) is 24.0. The Hall–Kier alpha value is -3.05. The zero-order valence-electron chi connectivity index (χ0n) is 17.0. The van der Waals surface area contributed by atoms with Crippen LogP contribution in [0.2, 0.25) is 0 Å². The summed E-state index contributed by atoms with van der Waals surface area (Å²) in [6.07, 6.45) is -7.11. The number of alkyl halides is 3. The number of nitrogens with zero attached hydrogens (tertiary/aromatic N) is 2. The van der Waals surface area contributed by atoms with Gasteiger partial charge in [-0.2, -0.15) is 18.4 Å². The lowest BCUT2D eigenvalue weighted by molar-refractivity contribution is -0.139. The van der Waals surface area contributed by atoms with Gasteiger partial charge in [0.15, 0.2) is 16.1 Å². The Bertz CT molecular complexity index is 1130. The van der Waals surface area contributed by atoms with Crippen LogP contribution in [-0.4, -0.2) is 57.3 Å². The van der Waals surface area contributed by atoms with E-state index < -0.39 is 55.7 Å². The molecular weight excluding hydrogens is 469 g/mol. The molecule has 178 valence electrons. The van der Waals surface area contributed by atoms with Crippen LogP contribution in [0, 0.1) is 11.3 Å². The highest BCUT2D eigenvalue weighted by molar-refractivity contribution is 7.92. The number of anilines is 1. The molecule has 2 saturated heterocycles. The van der Waals surface area contributed by atoms with Gasteiger partial charge in [0.05, 0.1) is 28.3 Å². The third-order valence-electron chi connectivity index (χ3n) is 5.69. The molecule has 2 amide bonds. The van der Waals surface area contributed by atoms with E-state index in [2.05, 4.69) is 10.6 Å². The van der Waals surface area contributed by atoms with Gasteiger partial charge in [-0.05, 0) is 31.0 Å². The Kier molecular flexibility index (Phi) is 5.65. The SMILES string of the molecule is N#CC1(NC(=O)O[C@H]2C[C@@H](S(=O)(=O)c3ccc(N4CCOC4=O)cc3C(F)(F)F)CN2)CC1. The van der Waals surface area contributed by atoms with E-state index in [0.29, 0.717) is 18.9 Å². The quantitative estimate of drug-likeness (QED) is 0.641. The Morgan fingerprint density at radius 3 is 2.67 bits per heavy atom. The number of alkyl carbamates (subject to hydrolysis) is 1. The summed E-state index contributed by atoms with van der Waals surface area (Å²) in [5, 5.41) is 12.8. The van der Waals surface area contributed by atoms with Gasteiger partial charge in [0.2, 0.25) is 0 Å². The summed E-state index contributed by atoms with van der Waals surface area (Å²) >= 11 is 0. The predicted octanol–water partition coefficient (Wildman–Crippen LogP) is 1.91. The summed E-state index contributed by atoms with van der Waals surface area (Å²) in [5.41, 5.74) is -2.50. The molecule has 1 aromatic rings. The summed E-state index contributed by atoms with van der Waals surface area (Å²) in [4.78, 5) is 23.7. The molecule has 2 atom stereocenters. The van der Waals surface area contributed by atoms with Crippen molar-refractivity contribution in [3.63, 3.8) is 0 Å². The molecular formula is C19H19F3N4O6S. The van der Waals surface area contributed by atoms with E-state index in [-0.39, 0.29) is 31.8 Å². The number of sulfone groups is 1. The number of hydrogen-bond donors (Lipinski definition) is 2. The van der Waals surface area contributed by atoms with E-state index in [1.807, 2.05) is 6.07 Å². The third kappa shape index (κ3) is 4.55. The van der Waals surface area contributed by atoms with Crippen LogP contribution in [0.25, 0.3) is 0 Å². The van der Waals surface area contributed by atoms with Crippen LogP contribution in [0.5, 0.6) is 0 Å². The highest BCUT2D eigenvalue weighted by Gasteiger charge is 2.47. The average molecular weight is 488 g/mol. The molecule has 1 aliphatic carbocycles. The van der Waals surface area contributed by atoms with E-state index in [4.69, 9.17) is 14.7 Å². The number of cyclic esters (lactones) is 1. The van der Waals surface area contributed by atoms with Gasteiger partial charge in [-0.15, -0.1) is 0 Å². The highest BCUT2D eigenvalue weighted by atomic mass is 32.2. The van der Waals surface area contributed by atoms with Crippen molar-refractivity contribution in [1.82, 2.24) is 10.6 Å². The summed E-state index contributed by atoms with van der Waals surface area (Å²) in [6.45, 7) is -0.178. The van der Waals surface area contributed by atoms with Gasteiger partial charge in [-0.25, -0.2) is 18.0 Å². The number of carbonyl (C=O) groups excluding carboxylic acids is 2. The van der Waals surface area contributed by atoms with Gasteiger partial charge in [-0.3, -0.25) is 10.2 Å². The minimum Gasteiger partial charge on any atom is -0.447 e. The van der Waals surface area contributed by atoms with E-state index in [1.54, 1.807) is 0 Å². The monoisotopic (exact) mass is 488 g/mol. The first-order valence-corrected chi connectivity index (χ1v) is 11.5. The Labute approximate surface area is 186 Å². The van der Waals surface area contributed by atoms with Crippen LogP contribution in [0.1, 0.15) is 24.8 Å². The van der Waals surface area contributed by atoms with E-state index >= 15 is 0 Å². The first-order valence-electron chi connectivity index (χ1n) is 9.98. The molecule has 2 aliphatic heterocycles. The molecule has 1 saturated carbocycles. The molecule has 3 fully saturated rings. The number of nitriles is 1. The number of carbonyl (C=O) groups is 2. The molecule has 1 aromatic carbocycles. The van der Waals surface area contributed by atoms with Crippen molar-refractivity contribution in [2.75, 3.05) is 24.6 Å². The first-order chi connectivity index (χ1) is 15.4. The number of amides is 2. The lowest BCUT2D eigenvalue weighted by Crippen LogP contribution is -2.40. The fourth-order valence-corrected chi connectivity index (χ4v) is 5.54. The van der Waals surface area contributed by atoms with Crippen LogP contribution < -0.4 is 15.5 Å². The maximum absolute atomic E-state index is 13.8. The number of hydrogen-bond acceptors (Lipinski definition) is 8. The smallest absolute Gasteiger partial charge is 0.417 e. The van der Waals surface area contributed by atoms with Crippen molar-refractivity contribution in [2.45, 2.75) is 47.4 Å². The molecule has 0 spiro atoms. The Balaban J connectivity index is 1.52. The molecule has 10 nitrogen and oxygen atoms in total. The van der Waals surface area contributed by atoms with Crippen molar-refractivity contribution in [2.24, 2.45) is 0 Å². The topological polar surface area (TPSA) is 138 Å². The zero-order valence-corrected chi connectivity index (χ0v) is 17.8. The van der Waals surface area contributed by atoms with E-state index in [1.165, 1.54) is 0 Å². The van der Waals surface area contributed by atoms with Crippen molar-refractivity contribution in [3.05, 3.63) is 23.8 Å². The number of rotatable bonds is 5. The van der Waals surface area contributed by atoms with Crippen molar-refractivity contribution in [1.29, 1.82) is 5.26 Å². The van der Waals surface area contributed by atoms with Crippen LogP contribution in [0.4, 0.5) is 28.4 Å². The van der Waals surface area contributed by atoms with Gasteiger partial charge in [0.1, 0.15) is 12.1 Å². The summed E-state index contributed by atoms with van der Waals surface area (Å²) < 4.78 is 77.2. The normalized spacial score (nSPS) is 24.2. The molecule has 0 unspecified atom stereocenters. The minimum atomic E-state index is -5.00. The Morgan fingerprint density at radius 2 is 2.09 bits per heavy atom. The van der Waals surface area contributed by atoms with Crippen molar-refractivity contribution < 1.29 is 40.7 Å². The van der Waals surface area contributed by atoms with Crippen LogP contribution in [0.15, 0.2) is 23.1 Å². The second-order valence-corrected chi connectivity index (χ2v) is 10.2. The van der Waals surface area contributed by atoms with Crippen LogP contribution >= 0.6 is 0 Å². The number of ether oxygens (including phenoxy) is 2. The van der Waals surface area contributed by atoms with E-state index in [9.17, 15) is 31.2 Å². The fraction of sp³-hybridized carbons (Fsp3) is 0.526. The van der Waals surface area contributed by atoms with Crippen molar-refractivity contribution >= 4 is 27.7 Å². The molecule has 4 rings (SSSR count). The first kappa shape index (κ1) is 23.1. The third-order valence-corrected chi connectivity index (χ3v) is 7.90. The molecule has 33 heavy (non-hydrogen) atoms. The van der Waals surface area contributed by atoms with Crippen molar-refractivity contribution in [3.8, 4) is 6.07 Å².